The van der Waals surface area contributed by atoms with Crippen LogP contribution in [0.4, 0.5) is 4.39 Å². The van der Waals surface area contributed by atoms with Crippen LogP contribution in [0.25, 0.3) is 16.7 Å². The van der Waals surface area contributed by atoms with Crippen LogP contribution in [-0.4, -0.2) is 11.0 Å². The second-order valence-electron chi connectivity index (χ2n) is 7.88. The van der Waals surface area contributed by atoms with Crippen LogP contribution >= 0.6 is 23.6 Å². The first-order chi connectivity index (χ1) is 14.3. The van der Waals surface area contributed by atoms with Gasteiger partial charge in [-0.1, -0.05) is 51.4 Å². The van der Waals surface area contributed by atoms with E-state index in [0.717, 1.165) is 41.7 Å². The van der Waals surface area contributed by atoms with Gasteiger partial charge in [0.1, 0.15) is 11.6 Å². The number of Topliss-reactive ketones (excluding diaryl/α,β-unsaturated/α-hetero) is 1. The maximum Gasteiger partial charge on any atom is 0.166 e. The molecular weight excluding hydrogens is 419 g/mol. The van der Waals surface area contributed by atoms with Gasteiger partial charge in [-0.25, -0.2) is 4.39 Å². The molecular formula is C25H28ClFO2S. The van der Waals surface area contributed by atoms with Crippen LogP contribution < -0.4 is 0 Å². The first-order valence-corrected chi connectivity index (χ1v) is 11.7. The average molecular weight is 447 g/mol. The topological polar surface area (TPSA) is 26.3 Å². The van der Waals surface area contributed by atoms with Gasteiger partial charge in [0.15, 0.2) is 5.78 Å². The summed E-state index contributed by atoms with van der Waals surface area (Å²) < 4.78 is 20.7. The Hall–Kier alpha value is -1.78. The highest BCUT2D eigenvalue weighted by Crippen LogP contribution is 2.41. The molecule has 2 aromatic carbocycles. The molecule has 1 unspecified atom stereocenters. The van der Waals surface area contributed by atoms with E-state index in [1.807, 2.05) is 18.2 Å². The number of rotatable bonds is 7. The number of hydrogen-bond donors (Lipinski definition) is 0. The van der Waals surface area contributed by atoms with Crippen LogP contribution in [0.15, 0.2) is 42.2 Å². The standard InChI is InChI=1S/C25H28ClFO2S/c1-5-16-7-8-18(20-11-10-19(26)14-22(20)27)13-21(16)24-23(28)12-9-17(6-2)25(24)29-30-15(3)4/h7-8,10-11,13-15,17H,5-6,9,12H2,1-4H3. The van der Waals surface area contributed by atoms with Gasteiger partial charge in [-0.05, 0) is 60.2 Å². The van der Waals surface area contributed by atoms with Crippen LogP contribution in [-0.2, 0) is 15.4 Å². The highest BCUT2D eigenvalue weighted by atomic mass is 35.5. The lowest BCUT2D eigenvalue weighted by Crippen LogP contribution is -2.20. The molecule has 1 aliphatic rings. The van der Waals surface area contributed by atoms with Crippen molar-refractivity contribution in [3.05, 3.63) is 64.1 Å². The van der Waals surface area contributed by atoms with E-state index in [1.54, 1.807) is 12.1 Å². The molecule has 0 aliphatic heterocycles. The third-order valence-electron chi connectivity index (χ3n) is 5.44. The largest absolute Gasteiger partial charge is 0.429 e. The summed E-state index contributed by atoms with van der Waals surface area (Å²) in [6.45, 7) is 8.33. The Morgan fingerprint density at radius 2 is 1.93 bits per heavy atom. The summed E-state index contributed by atoms with van der Waals surface area (Å²) >= 11 is 7.32. The van der Waals surface area contributed by atoms with E-state index in [-0.39, 0.29) is 22.8 Å². The number of hydrogen-bond acceptors (Lipinski definition) is 3. The lowest BCUT2D eigenvalue weighted by molar-refractivity contribution is -0.114. The predicted octanol–water partition coefficient (Wildman–Crippen LogP) is 7.88. The SMILES string of the molecule is CCc1ccc(-c2ccc(Cl)cc2F)cc1C1=C(OSC(C)C)C(CC)CCC1=O. The van der Waals surface area contributed by atoms with Gasteiger partial charge in [0.2, 0.25) is 0 Å². The number of carbonyl (C=O) groups is 1. The Morgan fingerprint density at radius 3 is 2.57 bits per heavy atom. The minimum absolute atomic E-state index is 0.0995. The molecule has 0 spiro atoms. The molecule has 2 aromatic rings. The van der Waals surface area contributed by atoms with Crippen molar-refractivity contribution >= 4 is 35.0 Å². The number of halogens is 2. The van der Waals surface area contributed by atoms with Gasteiger partial charge in [0, 0.05) is 28.2 Å². The lowest BCUT2D eigenvalue weighted by atomic mass is 9.81. The zero-order valence-corrected chi connectivity index (χ0v) is 19.5. The molecule has 0 bridgehead atoms. The Kier molecular flexibility index (Phi) is 7.65. The summed E-state index contributed by atoms with van der Waals surface area (Å²) in [6.07, 6.45) is 3.00. The Labute approximate surface area is 188 Å². The number of carbonyl (C=O) groups excluding carboxylic acids is 1. The fourth-order valence-corrected chi connectivity index (χ4v) is 4.52. The second kappa shape index (κ2) is 10.0. The van der Waals surface area contributed by atoms with Crippen molar-refractivity contribution in [2.75, 3.05) is 0 Å². The van der Waals surface area contributed by atoms with Crippen LogP contribution in [0.1, 0.15) is 58.1 Å². The zero-order chi connectivity index (χ0) is 21.8. The van der Waals surface area contributed by atoms with Crippen LogP contribution in [0.2, 0.25) is 5.02 Å². The Balaban J connectivity index is 2.19. The van der Waals surface area contributed by atoms with Crippen molar-refractivity contribution in [1.82, 2.24) is 0 Å². The average Bonchev–Trinajstić information content (AvgIpc) is 2.72. The van der Waals surface area contributed by atoms with Gasteiger partial charge >= 0.3 is 0 Å². The highest BCUT2D eigenvalue weighted by molar-refractivity contribution is 7.95. The number of ketones is 1. The summed E-state index contributed by atoms with van der Waals surface area (Å²) in [5.74, 6) is 0.711. The number of benzene rings is 2. The van der Waals surface area contributed by atoms with Crippen LogP contribution in [0.5, 0.6) is 0 Å². The summed E-state index contributed by atoms with van der Waals surface area (Å²) in [4.78, 5) is 13.1. The number of allylic oxidation sites excluding steroid dienone is 2. The highest BCUT2D eigenvalue weighted by Gasteiger charge is 2.32. The van der Waals surface area contributed by atoms with Gasteiger partial charge in [-0.3, -0.25) is 4.79 Å². The molecule has 2 nitrogen and oxygen atoms in total. The third kappa shape index (κ3) is 4.92. The third-order valence-corrected chi connectivity index (χ3v) is 6.34. The molecule has 0 fully saturated rings. The minimum atomic E-state index is -0.375. The first kappa shape index (κ1) is 22.9. The molecule has 1 atom stereocenters. The van der Waals surface area contributed by atoms with Crippen molar-refractivity contribution in [3.8, 4) is 11.1 Å². The summed E-state index contributed by atoms with van der Waals surface area (Å²) in [5, 5.41) is 0.646. The van der Waals surface area contributed by atoms with Crippen LogP contribution in [0, 0.1) is 11.7 Å². The summed E-state index contributed by atoms with van der Waals surface area (Å²) in [6, 6.07) is 10.5. The second-order valence-corrected chi connectivity index (χ2v) is 9.62. The van der Waals surface area contributed by atoms with Crippen molar-refractivity contribution in [2.24, 2.45) is 5.92 Å². The van der Waals surface area contributed by atoms with Crippen molar-refractivity contribution < 1.29 is 13.4 Å². The predicted molar refractivity (Wildman–Crippen MR) is 125 cm³/mol. The molecule has 0 aromatic heterocycles. The quantitative estimate of drug-likeness (QED) is 0.404. The lowest BCUT2D eigenvalue weighted by Gasteiger charge is -2.28. The van der Waals surface area contributed by atoms with Crippen molar-refractivity contribution in [2.45, 2.75) is 58.6 Å². The van der Waals surface area contributed by atoms with E-state index < -0.39 is 0 Å². The minimum Gasteiger partial charge on any atom is -0.429 e. The number of aryl methyl sites for hydroxylation is 1. The van der Waals surface area contributed by atoms with E-state index in [1.165, 1.54) is 18.1 Å². The normalized spacial score (nSPS) is 17.0. The van der Waals surface area contributed by atoms with E-state index in [2.05, 4.69) is 27.7 Å². The van der Waals surface area contributed by atoms with E-state index >= 15 is 0 Å². The van der Waals surface area contributed by atoms with E-state index in [9.17, 15) is 9.18 Å². The molecule has 0 heterocycles. The summed E-state index contributed by atoms with van der Waals surface area (Å²) in [7, 11) is 0. The van der Waals surface area contributed by atoms with Gasteiger partial charge in [0.25, 0.3) is 0 Å². The molecule has 5 heteroatoms. The maximum absolute atomic E-state index is 14.6. The zero-order valence-electron chi connectivity index (χ0n) is 17.9. The van der Waals surface area contributed by atoms with Crippen molar-refractivity contribution in [3.63, 3.8) is 0 Å². The van der Waals surface area contributed by atoms with Gasteiger partial charge in [0.05, 0.1) is 17.6 Å². The Morgan fingerprint density at radius 1 is 1.17 bits per heavy atom. The van der Waals surface area contributed by atoms with Gasteiger partial charge in [-0.15, -0.1) is 0 Å². The Bertz CT molecular complexity index is 968. The fourth-order valence-electron chi connectivity index (χ4n) is 3.84. The maximum atomic E-state index is 14.6. The molecule has 0 saturated heterocycles. The fraction of sp³-hybridized carbons (Fsp3) is 0.400. The van der Waals surface area contributed by atoms with Gasteiger partial charge < -0.3 is 4.18 Å². The smallest absolute Gasteiger partial charge is 0.166 e. The van der Waals surface area contributed by atoms with E-state index in [0.29, 0.717) is 22.6 Å². The molecule has 0 radical (unpaired) electrons. The molecule has 160 valence electrons. The molecule has 0 N–H and O–H groups in total. The molecule has 0 amide bonds. The summed E-state index contributed by atoms with van der Waals surface area (Å²) in [5.41, 5.74) is 3.77. The molecule has 0 saturated carbocycles. The monoisotopic (exact) mass is 446 g/mol. The molecule has 3 rings (SSSR count). The van der Waals surface area contributed by atoms with E-state index in [4.69, 9.17) is 15.8 Å². The van der Waals surface area contributed by atoms with Crippen molar-refractivity contribution in [1.29, 1.82) is 0 Å². The van der Waals surface area contributed by atoms with Gasteiger partial charge in [-0.2, -0.15) is 0 Å². The van der Waals surface area contributed by atoms with Crippen LogP contribution in [0.3, 0.4) is 0 Å². The first-order valence-electron chi connectivity index (χ1n) is 10.5. The molecule has 1 aliphatic carbocycles. The molecule has 30 heavy (non-hydrogen) atoms.